The number of halogens is 5. The Kier molecular flexibility index (Phi) is 8.79. The monoisotopic (exact) mass is 580 g/mol. The highest BCUT2D eigenvalue weighted by Gasteiger charge is 2.39. The van der Waals surface area contributed by atoms with Crippen molar-refractivity contribution in [2.24, 2.45) is 0 Å². The quantitative estimate of drug-likeness (QED) is 0.376. The summed E-state index contributed by atoms with van der Waals surface area (Å²) in [5.74, 6) is -3.48. The average Bonchev–Trinajstić information content (AvgIpc) is 2.84. The van der Waals surface area contributed by atoms with Crippen LogP contribution in [0, 0.1) is 5.82 Å². The number of rotatable bonds is 7. The first-order valence-corrected chi connectivity index (χ1v) is 13.3. The molecule has 0 aromatic heterocycles. The highest BCUT2D eigenvalue weighted by molar-refractivity contribution is 7.89. The lowest BCUT2D eigenvalue weighted by Crippen LogP contribution is -2.48. The summed E-state index contributed by atoms with van der Waals surface area (Å²) in [5, 5.41) is 9.29. The van der Waals surface area contributed by atoms with E-state index in [4.69, 9.17) is 22.4 Å². The first kappa shape index (κ1) is 29.5. The molecule has 38 heavy (non-hydrogen) atoms. The number of carbonyl (C=O) groups is 2. The molecule has 9 nitrogen and oxygen atoms in total. The van der Waals surface area contributed by atoms with Crippen LogP contribution in [0.15, 0.2) is 30.3 Å². The topological polar surface area (TPSA) is 124 Å². The molecular formula is C23H25ClF4N4O5S. The highest BCUT2D eigenvalue weighted by Crippen LogP contribution is 2.38. The van der Waals surface area contributed by atoms with Gasteiger partial charge in [-0.25, -0.2) is 21.9 Å². The van der Waals surface area contributed by atoms with Crippen LogP contribution >= 0.6 is 11.6 Å². The van der Waals surface area contributed by atoms with E-state index in [9.17, 15) is 31.2 Å². The van der Waals surface area contributed by atoms with E-state index >= 15 is 4.39 Å². The number of amides is 2. The molecule has 0 spiro atoms. The Morgan fingerprint density at radius 1 is 1.16 bits per heavy atom. The van der Waals surface area contributed by atoms with Crippen molar-refractivity contribution in [1.82, 2.24) is 14.1 Å². The van der Waals surface area contributed by atoms with Crippen LogP contribution in [-0.4, -0.2) is 71.6 Å². The van der Waals surface area contributed by atoms with Gasteiger partial charge in [0.15, 0.2) is 5.82 Å². The lowest BCUT2D eigenvalue weighted by molar-refractivity contribution is -0.138. The van der Waals surface area contributed by atoms with Crippen molar-refractivity contribution in [2.75, 3.05) is 37.7 Å². The predicted octanol–water partition coefficient (Wildman–Crippen LogP) is 3.87. The van der Waals surface area contributed by atoms with Gasteiger partial charge in [0.1, 0.15) is 0 Å². The highest BCUT2D eigenvalue weighted by atomic mass is 35.5. The second-order valence-electron chi connectivity index (χ2n) is 8.56. The molecular weight excluding hydrogens is 556 g/mol. The minimum absolute atomic E-state index is 0.0116. The third-order valence-electron chi connectivity index (χ3n) is 6.11. The molecule has 2 aromatic carbocycles. The van der Waals surface area contributed by atoms with Crippen LogP contribution in [0.25, 0.3) is 0 Å². The SMILES string of the molecule is CCS(=O)(=O)N(Cc1cccc(Cl)c1)C(=O)c1cc(C(F)(F)F)c(CN2CCN(C(=O)O)CC2)c(F)c1N. The molecule has 208 valence electrons. The molecule has 0 bridgehead atoms. The smallest absolute Gasteiger partial charge is 0.416 e. The van der Waals surface area contributed by atoms with Crippen LogP contribution in [0.3, 0.4) is 0 Å². The Morgan fingerprint density at radius 2 is 1.79 bits per heavy atom. The van der Waals surface area contributed by atoms with Crippen molar-refractivity contribution in [2.45, 2.75) is 26.2 Å². The van der Waals surface area contributed by atoms with Gasteiger partial charge in [0, 0.05) is 43.3 Å². The maximum absolute atomic E-state index is 15.4. The van der Waals surface area contributed by atoms with Crippen molar-refractivity contribution in [3.05, 3.63) is 63.4 Å². The van der Waals surface area contributed by atoms with Crippen molar-refractivity contribution in [3.63, 3.8) is 0 Å². The van der Waals surface area contributed by atoms with Gasteiger partial charge in [-0.2, -0.15) is 13.2 Å². The molecule has 1 fully saturated rings. The van der Waals surface area contributed by atoms with E-state index in [2.05, 4.69) is 0 Å². The number of hydrogen-bond donors (Lipinski definition) is 2. The van der Waals surface area contributed by atoms with Crippen molar-refractivity contribution < 1.29 is 40.7 Å². The van der Waals surface area contributed by atoms with Gasteiger partial charge in [-0.3, -0.25) is 9.69 Å². The molecule has 0 unspecified atom stereocenters. The summed E-state index contributed by atoms with van der Waals surface area (Å²) in [6.45, 7) is 0.249. The first-order chi connectivity index (χ1) is 17.7. The standard InChI is InChI=1S/C23H25ClF4N4O5S/c1-2-38(36,37)32(12-14-4-3-5-15(24)10-14)21(33)16-11-18(23(26,27)28)17(19(25)20(16)29)13-30-6-8-31(9-7-30)22(34)35/h3-5,10-11H,2,6-9,12-13,29H2,1H3,(H,34,35). The average molecular weight is 581 g/mol. The molecule has 2 amide bonds. The minimum atomic E-state index is -5.11. The predicted molar refractivity (Wildman–Crippen MR) is 131 cm³/mol. The number of carboxylic acid groups (broad SMARTS) is 1. The normalized spacial score (nSPS) is 14.9. The minimum Gasteiger partial charge on any atom is -0.465 e. The number of piperazine rings is 1. The van der Waals surface area contributed by atoms with E-state index in [0.29, 0.717) is 10.4 Å². The fourth-order valence-corrected chi connectivity index (χ4v) is 5.22. The van der Waals surface area contributed by atoms with Gasteiger partial charge in [0.25, 0.3) is 5.91 Å². The summed E-state index contributed by atoms with van der Waals surface area (Å²) in [4.78, 5) is 26.9. The Balaban J connectivity index is 2.04. The zero-order valence-corrected chi connectivity index (χ0v) is 21.7. The number of sulfonamides is 1. The molecule has 1 aliphatic rings. The Labute approximate surface area is 221 Å². The summed E-state index contributed by atoms with van der Waals surface area (Å²) in [6, 6.07) is 6.22. The first-order valence-electron chi connectivity index (χ1n) is 11.3. The molecule has 1 aliphatic heterocycles. The largest absolute Gasteiger partial charge is 0.465 e. The number of nitrogens with zero attached hydrogens (tertiary/aromatic N) is 3. The molecule has 1 saturated heterocycles. The van der Waals surface area contributed by atoms with Crippen molar-refractivity contribution in [3.8, 4) is 0 Å². The summed E-state index contributed by atoms with van der Waals surface area (Å²) in [6.07, 6.45) is -6.29. The fourth-order valence-electron chi connectivity index (χ4n) is 4.00. The van der Waals surface area contributed by atoms with Gasteiger partial charge >= 0.3 is 12.3 Å². The van der Waals surface area contributed by atoms with Gasteiger partial charge in [-0.05, 0) is 30.7 Å². The van der Waals surface area contributed by atoms with E-state index in [1.54, 1.807) is 0 Å². The molecule has 0 saturated carbocycles. The summed E-state index contributed by atoms with van der Waals surface area (Å²) < 4.78 is 83.4. The van der Waals surface area contributed by atoms with Crippen LogP contribution in [0.4, 0.5) is 28.0 Å². The van der Waals surface area contributed by atoms with E-state index in [1.807, 2.05) is 0 Å². The van der Waals surface area contributed by atoms with Crippen LogP contribution < -0.4 is 5.73 Å². The van der Waals surface area contributed by atoms with E-state index in [0.717, 1.165) is 4.90 Å². The Morgan fingerprint density at radius 3 is 2.32 bits per heavy atom. The number of nitrogens with two attached hydrogens (primary N) is 1. The van der Waals surface area contributed by atoms with Crippen LogP contribution in [-0.2, 0) is 29.3 Å². The molecule has 0 atom stereocenters. The number of hydrogen-bond acceptors (Lipinski definition) is 6. The zero-order valence-electron chi connectivity index (χ0n) is 20.1. The number of anilines is 1. The molecule has 1 heterocycles. The van der Waals surface area contributed by atoms with Gasteiger partial charge < -0.3 is 15.7 Å². The second kappa shape index (κ2) is 11.3. The van der Waals surface area contributed by atoms with Crippen molar-refractivity contribution >= 4 is 39.3 Å². The van der Waals surface area contributed by atoms with Gasteiger partial charge in [-0.1, -0.05) is 23.7 Å². The van der Waals surface area contributed by atoms with Crippen LogP contribution in [0.1, 0.15) is 34.0 Å². The maximum Gasteiger partial charge on any atom is 0.416 e. The third-order valence-corrected chi connectivity index (χ3v) is 8.04. The van der Waals surface area contributed by atoms with E-state index in [-0.39, 0.29) is 36.8 Å². The molecule has 3 rings (SSSR count). The molecule has 0 radical (unpaired) electrons. The molecule has 3 N–H and O–H groups in total. The number of benzene rings is 2. The summed E-state index contributed by atoms with van der Waals surface area (Å²) in [5.41, 5.74) is 1.88. The summed E-state index contributed by atoms with van der Waals surface area (Å²) in [7, 11) is -4.32. The van der Waals surface area contributed by atoms with Gasteiger partial charge in [0.05, 0.1) is 29.1 Å². The second-order valence-corrected chi connectivity index (χ2v) is 11.2. The molecule has 2 aromatic rings. The summed E-state index contributed by atoms with van der Waals surface area (Å²) >= 11 is 5.93. The lowest BCUT2D eigenvalue weighted by Gasteiger charge is -2.33. The van der Waals surface area contributed by atoms with E-state index in [1.165, 1.54) is 36.1 Å². The van der Waals surface area contributed by atoms with Gasteiger partial charge in [-0.15, -0.1) is 0 Å². The fraction of sp³-hybridized carbons (Fsp3) is 0.391. The number of carbonyl (C=O) groups excluding carboxylic acids is 1. The zero-order chi connectivity index (χ0) is 28.4. The van der Waals surface area contributed by atoms with E-state index < -0.39 is 75.2 Å². The Bertz CT molecular complexity index is 1330. The number of nitrogen functional groups attached to an aromatic ring is 1. The molecule has 0 aliphatic carbocycles. The van der Waals surface area contributed by atoms with Crippen molar-refractivity contribution in [1.29, 1.82) is 0 Å². The van der Waals surface area contributed by atoms with Crippen LogP contribution in [0.2, 0.25) is 5.02 Å². The number of alkyl halides is 3. The Hall–Kier alpha value is -3.10. The van der Waals surface area contributed by atoms with Gasteiger partial charge in [0.2, 0.25) is 10.0 Å². The third kappa shape index (κ3) is 6.48. The molecule has 15 heteroatoms. The van der Waals surface area contributed by atoms with Crippen LogP contribution in [0.5, 0.6) is 0 Å². The maximum atomic E-state index is 15.4. The lowest BCUT2D eigenvalue weighted by atomic mass is 9.99.